The van der Waals surface area contributed by atoms with E-state index in [1.54, 1.807) is 6.92 Å². The van der Waals surface area contributed by atoms with Gasteiger partial charge < -0.3 is 9.15 Å². The van der Waals surface area contributed by atoms with Crippen molar-refractivity contribution in [3.05, 3.63) is 12.0 Å². The molecule has 10 heteroatoms. The van der Waals surface area contributed by atoms with E-state index in [0.29, 0.717) is 0 Å². The van der Waals surface area contributed by atoms with Crippen LogP contribution >= 0.6 is 0 Å². The summed E-state index contributed by atoms with van der Waals surface area (Å²) in [6.45, 7) is 1.75. The molecule has 0 aliphatic carbocycles. The highest BCUT2D eigenvalue weighted by Crippen LogP contribution is 2.26. The molecule has 116 valence electrons. The van der Waals surface area contributed by atoms with Crippen molar-refractivity contribution in [1.82, 2.24) is 4.98 Å². The van der Waals surface area contributed by atoms with Crippen LogP contribution in [-0.4, -0.2) is 44.2 Å². The van der Waals surface area contributed by atoms with Crippen molar-refractivity contribution in [3.8, 4) is 0 Å². The normalized spacial score (nSPS) is 19.0. The fraction of sp³-hybridized carbons (Fsp3) is 0.545. The summed E-state index contributed by atoms with van der Waals surface area (Å²) in [5, 5.41) is 0. The van der Waals surface area contributed by atoms with E-state index in [4.69, 9.17) is 9.15 Å². The van der Waals surface area contributed by atoms with Gasteiger partial charge in [0.15, 0.2) is 0 Å². The van der Waals surface area contributed by atoms with E-state index in [1.165, 1.54) is 0 Å². The molecule has 0 N–H and O–H groups in total. The fourth-order valence-electron chi connectivity index (χ4n) is 2.05. The highest BCUT2D eigenvalue weighted by atomic mass is 32.3. The Morgan fingerprint density at radius 2 is 2.33 bits per heavy atom. The van der Waals surface area contributed by atoms with Crippen LogP contribution in [0.1, 0.15) is 23.9 Å². The van der Waals surface area contributed by atoms with E-state index < -0.39 is 33.8 Å². The maximum atomic E-state index is 12.6. The Labute approximate surface area is 120 Å². The SMILES string of the molecule is CCOC(=O)c1cnc(N2CC(CS(=O)(=O)F)CC2=O)o1. The molecule has 0 bridgehead atoms. The largest absolute Gasteiger partial charge is 0.460 e. The second-order valence-corrected chi connectivity index (χ2v) is 5.92. The Kier molecular flexibility index (Phi) is 4.26. The van der Waals surface area contributed by atoms with Crippen LogP contribution in [0.2, 0.25) is 0 Å². The number of hydrogen-bond acceptors (Lipinski definition) is 7. The zero-order chi connectivity index (χ0) is 15.6. The van der Waals surface area contributed by atoms with Gasteiger partial charge in [0.1, 0.15) is 0 Å². The molecule has 1 aliphatic rings. The molecule has 0 aromatic carbocycles. The second kappa shape index (κ2) is 5.80. The number of nitrogens with zero attached hydrogens (tertiary/aromatic N) is 2. The molecule has 21 heavy (non-hydrogen) atoms. The van der Waals surface area contributed by atoms with Crippen LogP contribution in [0.5, 0.6) is 0 Å². The lowest BCUT2D eigenvalue weighted by Gasteiger charge is -2.10. The summed E-state index contributed by atoms with van der Waals surface area (Å²) in [6, 6.07) is -0.137. The summed E-state index contributed by atoms with van der Waals surface area (Å²) < 4.78 is 43.7. The van der Waals surface area contributed by atoms with E-state index in [2.05, 4.69) is 4.98 Å². The third-order valence-corrected chi connectivity index (χ3v) is 3.71. The van der Waals surface area contributed by atoms with Crippen LogP contribution in [0.15, 0.2) is 10.6 Å². The molecule has 1 atom stereocenters. The Hall–Kier alpha value is -1.97. The molecule has 2 rings (SSSR count). The van der Waals surface area contributed by atoms with E-state index in [0.717, 1.165) is 11.1 Å². The van der Waals surface area contributed by atoms with E-state index in [1.807, 2.05) is 0 Å². The van der Waals surface area contributed by atoms with Crippen LogP contribution in [0.3, 0.4) is 0 Å². The Morgan fingerprint density at radius 3 is 2.95 bits per heavy atom. The average Bonchev–Trinajstić information content (AvgIpc) is 2.94. The first-order valence-electron chi connectivity index (χ1n) is 6.15. The molecule has 1 unspecified atom stereocenters. The quantitative estimate of drug-likeness (QED) is 0.574. The van der Waals surface area contributed by atoms with Crippen molar-refractivity contribution in [1.29, 1.82) is 0 Å². The van der Waals surface area contributed by atoms with Crippen LogP contribution in [0.25, 0.3) is 0 Å². The van der Waals surface area contributed by atoms with Crippen LogP contribution < -0.4 is 4.90 Å². The highest BCUT2D eigenvalue weighted by molar-refractivity contribution is 7.86. The zero-order valence-electron chi connectivity index (χ0n) is 11.1. The van der Waals surface area contributed by atoms with Crippen molar-refractivity contribution < 1.29 is 31.0 Å². The number of halogens is 1. The number of amides is 1. The van der Waals surface area contributed by atoms with Crippen molar-refractivity contribution >= 4 is 28.1 Å². The monoisotopic (exact) mass is 320 g/mol. The van der Waals surface area contributed by atoms with Crippen molar-refractivity contribution in [2.24, 2.45) is 5.92 Å². The maximum Gasteiger partial charge on any atom is 0.376 e. The van der Waals surface area contributed by atoms with Gasteiger partial charge in [0.05, 0.1) is 18.6 Å². The molecule has 1 aromatic heterocycles. The minimum absolute atomic E-state index is 0.0369. The Bertz CT molecular complexity index is 655. The molecule has 8 nitrogen and oxygen atoms in total. The number of ether oxygens (including phenoxy) is 1. The summed E-state index contributed by atoms with van der Waals surface area (Å²) in [5.74, 6) is -2.74. The molecule has 1 fully saturated rings. The lowest BCUT2D eigenvalue weighted by molar-refractivity contribution is -0.117. The average molecular weight is 320 g/mol. The van der Waals surface area contributed by atoms with Crippen molar-refractivity contribution in [2.75, 3.05) is 23.8 Å². The smallest absolute Gasteiger partial charge is 0.376 e. The molecule has 1 saturated heterocycles. The third kappa shape index (κ3) is 3.78. The topological polar surface area (TPSA) is 107 Å². The van der Waals surface area contributed by atoms with Gasteiger partial charge in [0.2, 0.25) is 11.7 Å². The second-order valence-electron chi connectivity index (χ2n) is 4.51. The maximum absolute atomic E-state index is 12.6. The molecular weight excluding hydrogens is 307 g/mol. The Morgan fingerprint density at radius 1 is 1.62 bits per heavy atom. The predicted molar refractivity (Wildman–Crippen MR) is 67.8 cm³/mol. The van der Waals surface area contributed by atoms with Crippen molar-refractivity contribution in [3.63, 3.8) is 0 Å². The molecule has 1 amide bonds. The molecule has 1 aliphatic heterocycles. The summed E-state index contributed by atoms with van der Waals surface area (Å²) in [5.41, 5.74) is 0. The van der Waals surface area contributed by atoms with Gasteiger partial charge in [-0.05, 0) is 6.92 Å². The summed E-state index contributed by atoms with van der Waals surface area (Å²) in [4.78, 5) is 28.0. The minimum atomic E-state index is -4.66. The minimum Gasteiger partial charge on any atom is -0.460 e. The molecule has 0 saturated carbocycles. The van der Waals surface area contributed by atoms with Crippen LogP contribution in [-0.2, 0) is 19.8 Å². The van der Waals surface area contributed by atoms with Gasteiger partial charge >= 0.3 is 22.2 Å². The number of carbonyl (C=O) groups excluding carboxylic acids is 2. The van der Waals surface area contributed by atoms with Gasteiger partial charge in [-0.3, -0.25) is 9.69 Å². The van der Waals surface area contributed by atoms with E-state index >= 15 is 0 Å². The predicted octanol–water partition coefficient (Wildman–Crippen LogP) is 0.504. The highest BCUT2D eigenvalue weighted by Gasteiger charge is 2.36. The molecule has 0 radical (unpaired) electrons. The lowest BCUT2D eigenvalue weighted by atomic mass is 10.1. The van der Waals surface area contributed by atoms with Gasteiger partial charge in [0.25, 0.3) is 0 Å². The Balaban J connectivity index is 2.09. The van der Waals surface area contributed by atoms with Gasteiger partial charge in [-0.2, -0.15) is 8.42 Å². The van der Waals surface area contributed by atoms with E-state index in [9.17, 15) is 21.9 Å². The van der Waals surface area contributed by atoms with Crippen LogP contribution in [0.4, 0.5) is 9.90 Å². The molecule has 2 heterocycles. The number of oxazole rings is 1. The molecule has 1 aromatic rings. The van der Waals surface area contributed by atoms with E-state index in [-0.39, 0.29) is 31.3 Å². The zero-order valence-corrected chi connectivity index (χ0v) is 11.9. The summed E-state index contributed by atoms with van der Waals surface area (Å²) >= 11 is 0. The van der Waals surface area contributed by atoms with Gasteiger partial charge in [-0.1, -0.05) is 0 Å². The first kappa shape index (κ1) is 15.4. The standard InChI is InChI=1S/C11H13FN2O6S/c1-2-19-10(16)8-4-13-11(20-8)14-5-7(3-9(14)15)6-21(12,17)18/h4,7H,2-3,5-6H2,1H3. The number of hydrogen-bond donors (Lipinski definition) is 0. The van der Waals surface area contributed by atoms with Gasteiger partial charge in [-0.15, -0.1) is 3.89 Å². The summed E-state index contributed by atoms with van der Waals surface area (Å²) in [6.07, 6.45) is 0.986. The van der Waals surface area contributed by atoms with Crippen LogP contribution in [0, 0.1) is 5.92 Å². The van der Waals surface area contributed by atoms with Gasteiger partial charge in [-0.25, -0.2) is 9.78 Å². The number of anilines is 1. The summed E-state index contributed by atoms with van der Waals surface area (Å²) in [7, 11) is -4.66. The number of esters is 1. The first-order chi connectivity index (χ1) is 9.80. The number of aromatic nitrogens is 1. The molecule has 0 spiro atoms. The number of rotatable bonds is 5. The third-order valence-electron chi connectivity index (χ3n) is 2.84. The fourth-order valence-corrected chi connectivity index (χ4v) is 2.83. The van der Waals surface area contributed by atoms with Gasteiger partial charge in [0, 0.05) is 18.9 Å². The first-order valence-corrected chi connectivity index (χ1v) is 7.71. The molecular formula is C11H13FN2O6S. The lowest BCUT2D eigenvalue weighted by Crippen LogP contribution is -2.25. The number of carbonyl (C=O) groups is 2. The van der Waals surface area contributed by atoms with Crippen molar-refractivity contribution in [2.45, 2.75) is 13.3 Å².